The summed E-state index contributed by atoms with van der Waals surface area (Å²) in [6.07, 6.45) is 8.50. The summed E-state index contributed by atoms with van der Waals surface area (Å²) in [5, 5.41) is 6.45. The van der Waals surface area contributed by atoms with Crippen LogP contribution in [0, 0.1) is 0 Å². The lowest BCUT2D eigenvalue weighted by Gasteiger charge is -2.22. The van der Waals surface area contributed by atoms with Crippen molar-refractivity contribution in [2.45, 2.75) is 77.0 Å². The van der Waals surface area contributed by atoms with Crippen molar-refractivity contribution < 1.29 is 14.3 Å². The van der Waals surface area contributed by atoms with Crippen LogP contribution in [0.3, 0.4) is 0 Å². The number of unbranched alkanes of at least 4 members (excludes halogenated alkanes) is 5. The second-order valence-electron chi connectivity index (χ2n) is 7.81. The highest BCUT2D eigenvalue weighted by Crippen LogP contribution is 2.06. The maximum atomic E-state index is 12.8. The van der Waals surface area contributed by atoms with Gasteiger partial charge in [-0.15, -0.1) is 0 Å². The lowest BCUT2D eigenvalue weighted by atomic mass is 10.1. The molecule has 1 aromatic carbocycles. The lowest BCUT2D eigenvalue weighted by Crippen LogP contribution is -2.47. The molecule has 2 atom stereocenters. The first-order valence-electron chi connectivity index (χ1n) is 11.6. The van der Waals surface area contributed by atoms with E-state index in [4.69, 9.17) is 15.2 Å². The Hall–Kier alpha value is -1.47. The van der Waals surface area contributed by atoms with Crippen LogP contribution in [0.5, 0.6) is 0 Å². The molecule has 4 N–H and O–H groups in total. The van der Waals surface area contributed by atoms with E-state index < -0.39 is 0 Å². The average Bonchev–Trinajstić information content (AvgIpc) is 2.77. The molecule has 2 unspecified atom stereocenters. The molecule has 0 saturated carbocycles. The Balaban J connectivity index is 2.44. The number of amides is 1. The molecule has 6 heteroatoms. The van der Waals surface area contributed by atoms with Gasteiger partial charge in [-0.1, -0.05) is 69.4 Å². The molecule has 1 rings (SSSR count). The number of methoxy groups -OCH3 is 1. The molecule has 0 saturated heterocycles. The molecule has 0 heterocycles. The van der Waals surface area contributed by atoms with Crippen LogP contribution in [0.4, 0.5) is 0 Å². The summed E-state index contributed by atoms with van der Waals surface area (Å²) in [6, 6.07) is 9.89. The number of rotatable bonds is 19. The van der Waals surface area contributed by atoms with Crippen molar-refractivity contribution in [3.8, 4) is 0 Å². The van der Waals surface area contributed by atoms with E-state index in [1.54, 1.807) is 7.11 Å². The van der Waals surface area contributed by atoms with Gasteiger partial charge in [-0.2, -0.15) is 0 Å². The molecule has 1 aromatic rings. The van der Waals surface area contributed by atoms with Gasteiger partial charge in [0.1, 0.15) is 0 Å². The van der Waals surface area contributed by atoms with Crippen molar-refractivity contribution >= 4 is 5.91 Å². The van der Waals surface area contributed by atoms with E-state index in [0.29, 0.717) is 32.8 Å². The Labute approximate surface area is 183 Å². The highest BCUT2D eigenvalue weighted by atomic mass is 16.5. The van der Waals surface area contributed by atoms with Gasteiger partial charge in [0.25, 0.3) is 0 Å². The average molecular weight is 422 g/mol. The highest BCUT2D eigenvalue weighted by Gasteiger charge is 2.19. The Bertz CT molecular complexity index is 528. The molecule has 0 radical (unpaired) electrons. The Morgan fingerprint density at radius 3 is 2.53 bits per heavy atom. The van der Waals surface area contributed by atoms with Gasteiger partial charge in [0.2, 0.25) is 5.91 Å². The number of ether oxygens (including phenoxy) is 2. The molecule has 1 amide bonds. The zero-order chi connectivity index (χ0) is 21.9. The minimum absolute atomic E-state index is 0.00982. The molecular weight excluding hydrogens is 378 g/mol. The van der Waals surface area contributed by atoms with Gasteiger partial charge in [-0.05, 0) is 31.4 Å². The van der Waals surface area contributed by atoms with Crippen molar-refractivity contribution in [2.75, 3.05) is 33.4 Å². The fourth-order valence-electron chi connectivity index (χ4n) is 3.30. The van der Waals surface area contributed by atoms with Crippen molar-refractivity contribution in [1.29, 1.82) is 0 Å². The highest BCUT2D eigenvalue weighted by molar-refractivity contribution is 5.81. The Morgan fingerprint density at radius 2 is 1.83 bits per heavy atom. The van der Waals surface area contributed by atoms with Crippen LogP contribution in [0.25, 0.3) is 0 Å². The quantitative estimate of drug-likeness (QED) is 0.298. The van der Waals surface area contributed by atoms with E-state index >= 15 is 0 Å². The first kappa shape index (κ1) is 26.6. The monoisotopic (exact) mass is 421 g/mol. The van der Waals surface area contributed by atoms with Crippen molar-refractivity contribution in [3.05, 3.63) is 35.9 Å². The number of nitrogens with one attached hydrogen (secondary N) is 2. The second-order valence-corrected chi connectivity index (χ2v) is 7.81. The maximum absolute atomic E-state index is 12.8. The van der Waals surface area contributed by atoms with E-state index in [0.717, 1.165) is 31.2 Å². The van der Waals surface area contributed by atoms with Gasteiger partial charge in [0, 0.05) is 26.8 Å². The van der Waals surface area contributed by atoms with Gasteiger partial charge in [0.15, 0.2) is 0 Å². The number of carbonyl (C=O) groups excluding carboxylic acids is 1. The topological polar surface area (TPSA) is 85.6 Å². The largest absolute Gasteiger partial charge is 0.382 e. The summed E-state index contributed by atoms with van der Waals surface area (Å²) in [4.78, 5) is 12.8. The van der Waals surface area contributed by atoms with Crippen LogP contribution in [-0.4, -0.2) is 51.5 Å². The Kier molecular flexibility index (Phi) is 16.2. The summed E-state index contributed by atoms with van der Waals surface area (Å²) in [6.45, 7) is 5.17. The summed E-state index contributed by atoms with van der Waals surface area (Å²) >= 11 is 0. The van der Waals surface area contributed by atoms with E-state index in [9.17, 15) is 4.79 Å². The molecular formula is C24H43N3O3. The number of benzene rings is 1. The zero-order valence-corrected chi connectivity index (χ0v) is 19.0. The third-order valence-corrected chi connectivity index (χ3v) is 5.12. The van der Waals surface area contributed by atoms with Gasteiger partial charge in [-0.3, -0.25) is 4.79 Å². The predicted molar refractivity (Wildman–Crippen MR) is 123 cm³/mol. The summed E-state index contributed by atoms with van der Waals surface area (Å²) in [7, 11) is 1.66. The summed E-state index contributed by atoms with van der Waals surface area (Å²) < 4.78 is 11.2. The second kappa shape index (κ2) is 18.3. The van der Waals surface area contributed by atoms with E-state index in [1.807, 2.05) is 18.2 Å². The van der Waals surface area contributed by atoms with Crippen LogP contribution < -0.4 is 16.4 Å². The van der Waals surface area contributed by atoms with Gasteiger partial charge < -0.3 is 25.8 Å². The van der Waals surface area contributed by atoms with Crippen LogP contribution >= 0.6 is 0 Å². The molecule has 0 aliphatic carbocycles. The van der Waals surface area contributed by atoms with E-state index in [2.05, 4.69) is 29.7 Å². The van der Waals surface area contributed by atoms with E-state index in [1.165, 1.54) is 25.7 Å². The molecule has 0 fully saturated rings. The molecule has 0 aliphatic heterocycles. The fourth-order valence-corrected chi connectivity index (χ4v) is 3.30. The molecule has 30 heavy (non-hydrogen) atoms. The Morgan fingerprint density at radius 1 is 1.07 bits per heavy atom. The molecule has 0 aromatic heterocycles. The van der Waals surface area contributed by atoms with Gasteiger partial charge in [0.05, 0.1) is 18.8 Å². The van der Waals surface area contributed by atoms with Gasteiger partial charge >= 0.3 is 0 Å². The van der Waals surface area contributed by atoms with Crippen molar-refractivity contribution in [2.24, 2.45) is 5.73 Å². The lowest BCUT2D eigenvalue weighted by molar-refractivity contribution is -0.124. The number of hydrogen-bond acceptors (Lipinski definition) is 5. The molecule has 0 aliphatic rings. The summed E-state index contributed by atoms with van der Waals surface area (Å²) in [5.74, 6) is 0.00982. The van der Waals surface area contributed by atoms with Crippen LogP contribution in [0.1, 0.15) is 63.9 Å². The third-order valence-electron chi connectivity index (χ3n) is 5.12. The smallest absolute Gasteiger partial charge is 0.237 e. The standard InChI is InChI=1S/C24H43N3O3/c1-3-4-5-6-12-17-30-22(20-29-2)19-27-24(28)23(15-10-11-16-25)26-18-21-13-8-7-9-14-21/h7-9,13-14,22-23,26H,3-6,10-12,15-20,25H2,1-2H3,(H,27,28). The summed E-state index contributed by atoms with van der Waals surface area (Å²) in [5.41, 5.74) is 6.79. The minimum Gasteiger partial charge on any atom is -0.382 e. The third kappa shape index (κ3) is 13.0. The molecule has 6 nitrogen and oxygen atoms in total. The fraction of sp³-hybridized carbons (Fsp3) is 0.708. The van der Waals surface area contributed by atoms with E-state index in [-0.39, 0.29) is 18.1 Å². The SMILES string of the molecule is CCCCCCCOC(CNC(=O)C(CCCCN)NCc1ccccc1)COC. The van der Waals surface area contributed by atoms with Gasteiger partial charge in [-0.25, -0.2) is 0 Å². The van der Waals surface area contributed by atoms with Crippen LogP contribution in [0.2, 0.25) is 0 Å². The molecule has 0 spiro atoms. The minimum atomic E-state index is -0.242. The zero-order valence-electron chi connectivity index (χ0n) is 19.0. The normalized spacial score (nSPS) is 13.2. The number of hydrogen-bond donors (Lipinski definition) is 3. The van der Waals surface area contributed by atoms with Crippen molar-refractivity contribution in [1.82, 2.24) is 10.6 Å². The van der Waals surface area contributed by atoms with Crippen LogP contribution in [0.15, 0.2) is 30.3 Å². The van der Waals surface area contributed by atoms with Crippen LogP contribution in [-0.2, 0) is 20.8 Å². The first-order chi connectivity index (χ1) is 14.7. The number of nitrogens with two attached hydrogens (primary N) is 1. The van der Waals surface area contributed by atoms with Crippen molar-refractivity contribution in [3.63, 3.8) is 0 Å². The molecule has 172 valence electrons. The maximum Gasteiger partial charge on any atom is 0.237 e. The first-order valence-corrected chi connectivity index (χ1v) is 11.6. The number of carbonyl (C=O) groups is 1. The molecule has 0 bridgehead atoms. The predicted octanol–water partition coefficient (Wildman–Crippen LogP) is 3.39.